The molecule has 4 rings (SSSR count). The lowest BCUT2D eigenvalue weighted by Gasteiger charge is -2.34. The van der Waals surface area contributed by atoms with Crippen LogP contribution in [0.5, 0.6) is 0 Å². The number of carboxylic acids is 1. The summed E-state index contributed by atoms with van der Waals surface area (Å²) in [5.41, 5.74) is 0. The van der Waals surface area contributed by atoms with Crippen LogP contribution >= 0.6 is 11.8 Å². The van der Waals surface area contributed by atoms with Crippen molar-refractivity contribution in [1.29, 1.82) is 0 Å². The maximum Gasteiger partial charge on any atom is 0.312 e. The Morgan fingerprint density at radius 2 is 1.74 bits per heavy atom. The Morgan fingerprint density at radius 3 is 2.26 bits per heavy atom. The van der Waals surface area contributed by atoms with Crippen LogP contribution in [-0.4, -0.2) is 46.9 Å². The van der Waals surface area contributed by atoms with Crippen LogP contribution in [0.1, 0.15) is 0 Å². The van der Waals surface area contributed by atoms with Crippen molar-refractivity contribution in [3.05, 3.63) is 12.2 Å². The van der Waals surface area contributed by atoms with Gasteiger partial charge in [-0.1, -0.05) is 12.2 Å². The Hall–Kier alpha value is -1.01. The molecule has 5 nitrogen and oxygen atoms in total. The number of carbonyl (C=O) groups is 2. The molecule has 0 saturated carbocycles. The molecule has 6 heteroatoms. The SMILES string of the molecule is COC(=O)C1C2OC(C1C(=O)O)C1C3C=CC(S3)C21. The first-order valence-corrected chi connectivity index (χ1v) is 7.37. The molecule has 8 atom stereocenters. The van der Waals surface area contributed by atoms with E-state index in [9.17, 15) is 14.7 Å². The third-order valence-electron chi connectivity index (χ3n) is 4.93. The van der Waals surface area contributed by atoms with E-state index >= 15 is 0 Å². The first kappa shape index (κ1) is 11.8. The smallest absolute Gasteiger partial charge is 0.312 e. The van der Waals surface area contributed by atoms with E-state index in [0.29, 0.717) is 10.5 Å². The minimum Gasteiger partial charge on any atom is -0.481 e. The lowest BCUT2D eigenvalue weighted by atomic mass is 9.65. The molecule has 0 aromatic heterocycles. The van der Waals surface area contributed by atoms with Crippen molar-refractivity contribution < 1.29 is 24.2 Å². The van der Waals surface area contributed by atoms with Crippen molar-refractivity contribution in [2.75, 3.05) is 7.11 Å². The highest BCUT2D eigenvalue weighted by Crippen LogP contribution is 2.63. The van der Waals surface area contributed by atoms with Crippen LogP contribution < -0.4 is 0 Å². The molecule has 19 heavy (non-hydrogen) atoms. The second kappa shape index (κ2) is 3.76. The van der Waals surface area contributed by atoms with Gasteiger partial charge in [0.2, 0.25) is 0 Å². The predicted octanol–water partition coefficient (Wildman–Crippen LogP) is 0.544. The summed E-state index contributed by atoms with van der Waals surface area (Å²) in [6, 6.07) is 0. The molecule has 4 bridgehead atoms. The zero-order valence-corrected chi connectivity index (χ0v) is 11.1. The van der Waals surface area contributed by atoms with Crippen LogP contribution in [-0.2, 0) is 19.1 Å². The summed E-state index contributed by atoms with van der Waals surface area (Å²) >= 11 is 1.87. The molecule has 102 valence electrons. The lowest BCUT2D eigenvalue weighted by molar-refractivity contribution is -0.157. The second-order valence-electron chi connectivity index (χ2n) is 5.58. The van der Waals surface area contributed by atoms with E-state index in [1.54, 1.807) is 0 Å². The van der Waals surface area contributed by atoms with E-state index in [-0.39, 0.29) is 24.0 Å². The number of hydrogen-bond acceptors (Lipinski definition) is 5. The molecular formula is C13H14O5S. The summed E-state index contributed by atoms with van der Waals surface area (Å²) < 4.78 is 10.7. The summed E-state index contributed by atoms with van der Waals surface area (Å²) in [7, 11) is 1.31. The monoisotopic (exact) mass is 282 g/mol. The van der Waals surface area contributed by atoms with E-state index in [1.807, 2.05) is 11.8 Å². The van der Waals surface area contributed by atoms with Gasteiger partial charge in [0.1, 0.15) is 0 Å². The quantitative estimate of drug-likeness (QED) is 0.589. The fourth-order valence-corrected chi connectivity index (χ4v) is 6.07. The highest BCUT2D eigenvalue weighted by molar-refractivity contribution is 8.01. The minimum atomic E-state index is -0.946. The summed E-state index contributed by atoms with van der Waals surface area (Å²) in [5, 5.41) is 10.1. The number of rotatable bonds is 2. The van der Waals surface area contributed by atoms with E-state index in [4.69, 9.17) is 9.47 Å². The van der Waals surface area contributed by atoms with Crippen LogP contribution in [0.3, 0.4) is 0 Å². The molecule has 0 radical (unpaired) electrons. The van der Waals surface area contributed by atoms with Gasteiger partial charge in [0, 0.05) is 22.3 Å². The van der Waals surface area contributed by atoms with Gasteiger partial charge in [-0.25, -0.2) is 0 Å². The van der Waals surface area contributed by atoms with Crippen LogP contribution in [0.15, 0.2) is 12.2 Å². The molecule has 3 fully saturated rings. The molecule has 0 amide bonds. The molecule has 4 heterocycles. The predicted molar refractivity (Wildman–Crippen MR) is 66.6 cm³/mol. The number of aliphatic carboxylic acids is 1. The maximum atomic E-state index is 11.9. The maximum absolute atomic E-state index is 11.9. The van der Waals surface area contributed by atoms with E-state index in [2.05, 4.69) is 12.2 Å². The average Bonchev–Trinajstić information content (AvgIpc) is 3.12. The van der Waals surface area contributed by atoms with Gasteiger partial charge in [-0.05, 0) is 0 Å². The van der Waals surface area contributed by atoms with Crippen LogP contribution in [0.25, 0.3) is 0 Å². The Balaban J connectivity index is 1.73. The Labute approximate surface area is 114 Å². The normalized spacial score (nSPS) is 52.5. The summed E-state index contributed by atoms with van der Waals surface area (Å²) in [6.45, 7) is 0. The van der Waals surface area contributed by atoms with Gasteiger partial charge in [-0.15, -0.1) is 11.8 Å². The lowest BCUT2D eigenvalue weighted by Crippen LogP contribution is -2.49. The van der Waals surface area contributed by atoms with Crippen molar-refractivity contribution in [1.82, 2.24) is 0 Å². The number of fused-ring (bicyclic) bond motifs is 9. The molecule has 4 aliphatic rings. The summed E-state index contributed by atoms with van der Waals surface area (Å²) in [6.07, 6.45) is 3.69. The van der Waals surface area contributed by atoms with Gasteiger partial charge in [0.05, 0.1) is 31.2 Å². The number of esters is 1. The topological polar surface area (TPSA) is 72.8 Å². The molecule has 4 aliphatic heterocycles. The van der Waals surface area contributed by atoms with Crippen LogP contribution in [0.4, 0.5) is 0 Å². The van der Waals surface area contributed by atoms with Crippen LogP contribution in [0.2, 0.25) is 0 Å². The van der Waals surface area contributed by atoms with Gasteiger partial charge in [0.15, 0.2) is 0 Å². The van der Waals surface area contributed by atoms with E-state index < -0.39 is 23.8 Å². The molecule has 0 aliphatic carbocycles. The third-order valence-corrected chi connectivity index (χ3v) is 6.51. The van der Waals surface area contributed by atoms with Gasteiger partial charge in [0.25, 0.3) is 0 Å². The largest absolute Gasteiger partial charge is 0.481 e. The van der Waals surface area contributed by atoms with Crippen molar-refractivity contribution in [2.45, 2.75) is 22.7 Å². The number of carboxylic acid groups (broad SMARTS) is 1. The van der Waals surface area contributed by atoms with Crippen molar-refractivity contribution in [3.8, 4) is 0 Å². The van der Waals surface area contributed by atoms with Crippen LogP contribution in [0, 0.1) is 23.7 Å². The zero-order chi connectivity index (χ0) is 13.3. The van der Waals surface area contributed by atoms with Crippen molar-refractivity contribution >= 4 is 23.7 Å². The number of methoxy groups -OCH3 is 1. The Kier molecular flexibility index (Phi) is 2.33. The number of ether oxygens (including phenoxy) is 2. The molecule has 8 unspecified atom stereocenters. The molecule has 0 spiro atoms. The van der Waals surface area contributed by atoms with Gasteiger partial charge in [-0.2, -0.15) is 0 Å². The van der Waals surface area contributed by atoms with Gasteiger partial charge >= 0.3 is 11.9 Å². The fourth-order valence-electron chi connectivity index (χ4n) is 4.31. The fraction of sp³-hybridized carbons (Fsp3) is 0.692. The highest BCUT2D eigenvalue weighted by atomic mass is 32.2. The average molecular weight is 282 g/mol. The third kappa shape index (κ3) is 1.31. The molecule has 0 aromatic rings. The second-order valence-corrected chi connectivity index (χ2v) is 6.94. The summed E-state index contributed by atoms with van der Waals surface area (Å²) in [5.74, 6) is -2.29. The molecular weight excluding hydrogens is 268 g/mol. The molecule has 3 saturated heterocycles. The zero-order valence-electron chi connectivity index (χ0n) is 10.3. The first-order valence-electron chi connectivity index (χ1n) is 6.43. The Morgan fingerprint density at radius 1 is 1.16 bits per heavy atom. The minimum absolute atomic E-state index is 0.243. The summed E-state index contributed by atoms with van der Waals surface area (Å²) in [4.78, 5) is 23.4. The molecule has 1 N–H and O–H groups in total. The van der Waals surface area contributed by atoms with E-state index in [1.165, 1.54) is 7.11 Å². The number of carbonyl (C=O) groups excluding carboxylic acids is 1. The first-order chi connectivity index (χ1) is 9.13. The Bertz CT molecular complexity index is 489. The standard InChI is InChI=1S/C13H14O5S/c1-17-13(16)9-8(12(14)15)10-6-4-2-3-5(19-4)7(6)11(9)18-10/h2-11H,1H3,(H,14,15). The van der Waals surface area contributed by atoms with Crippen molar-refractivity contribution in [2.24, 2.45) is 23.7 Å². The molecule has 0 aromatic carbocycles. The van der Waals surface area contributed by atoms with Crippen molar-refractivity contribution in [3.63, 3.8) is 0 Å². The van der Waals surface area contributed by atoms with E-state index in [0.717, 1.165) is 0 Å². The highest BCUT2D eigenvalue weighted by Gasteiger charge is 2.70. The number of thioether (sulfide) groups is 1. The number of hydrogen-bond donors (Lipinski definition) is 1. The van der Waals surface area contributed by atoms with Gasteiger partial charge in [-0.3, -0.25) is 9.59 Å². The van der Waals surface area contributed by atoms with Gasteiger partial charge < -0.3 is 14.6 Å².